The Labute approximate surface area is 134 Å². The highest BCUT2D eigenvalue weighted by Gasteiger charge is 2.07. The molecule has 2 heterocycles. The van der Waals surface area contributed by atoms with Crippen molar-refractivity contribution in [1.82, 2.24) is 5.32 Å². The highest BCUT2D eigenvalue weighted by atomic mass is 32.2. The molecule has 0 saturated heterocycles. The Morgan fingerprint density at radius 1 is 0.952 bits per heavy atom. The summed E-state index contributed by atoms with van der Waals surface area (Å²) in [4.78, 5) is 8.87. The van der Waals surface area contributed by atoms with Crippen molar-refractivity contribution in [2.75, 3.05) is 36.5 Å². The molecule has 0 aliphatic carbocycles. The average Bonchev–Trinajstić information content (AvgIpc) is 3.03. The van der Waals surface area contributed by atoms with Crippen LogP contribution in [0, 0.1) is 0 Å². The van der Waals surface area contributed by atoms with Crippen LogP contribution in [0.25, 0.3) is 0 Å². The van der Waals surface area contributed by atoms with Gasteiger partial charge in [-0.1, -0.05) is 35.7 Å². The minimum absolute atomic E-state index is 0.945. The van der Waals surface area contributed by atoms with Crippen molar-refractivity contribution in [2.24, 2.45) is 9.98 Å². The molecule has 3 rings (SSSR count). The number of hydrogen-bond donors (Lipinski definition) is 2. The predicted molar refractivity (Wildman–Crippen MR) is 95.9 cm³/mol. The van der Waals surface area contributed by atoms with Crippen LogP contribution in [0.2, 0.25) is 0 Å². The van der Waals surface area contributed by atoms with Crippen molar-refractivity contribution in [3.8, 4) is 0 Å². The molecule has 0 aromatic heterocycles. The largest absolute Gasteiger partial charge is 0.365 e. The van der Waals surface area contributed by atoms with E-state index in [1.54, 1.807) is 11.8 Å². The fourth-order valence-electron chi connectivity index (χ4n) is 2.17. The highest BCUT2D eigenvalue weighted by Crippen LogP contribution is 2.17. The molecule has 21 heavy (non-hydrogen) atoms. The molecular formula is C15H20N4S2. The quantitative estimate of drug-likeness (QED) is 0.896. The summed E-state index contributed by atoms with van der Waals surface area (Å²) < 4.78 is 0. The van der Waals surface area contributed by atoms with Gasteiger partial charge in [0.2, 0.25) is 0 Å². The molecule has 0 saturated carbocycles. The van der Waals surface area contributed by atoms with Crippen molar-refractivity contribution in [1.29, 1.82) is 0 Å². The summed E-state index contributed by atoms with van der Waals surface area (Å²) in [5.41, 5.74) is 2.46. The number of amidine groups is 2. The van der Waals surface area contributed by atoms with Gasteiger partial charge in [0, 0.05) is 30.3 Å². The zero-order valence-electron chi connectivity index (χ0n) is 12.0. The van der Waals surface area contributed by atoms with Gasteiger partial charge in [-0.2, -0.15) is 0 Å². The average molecular weight is 320 g/mol. The number of aliphatic imine (C=N–C) groups is 2. The van der Waals surface area contributed by atoms with E-state index in [1.807, 2.05) is 11.8 Å². The lowest BCUT2D eigenvalue weighted by Crippen LogP contribution is -2.21. The molecule has 2 aliphatic heterocycles. The maximum Gasteiger partial charge on any atom is 0.161 e. The molecule has 112 valence electrons. The van der Waals surface area contributed by atoms with Gasteiger partial charge >= 0.3 is 0 Å². The van der Waals surface area contributed by atoms with E-state index in [2.05, 4.69) is 44.9 Å². The number of benzene rings is 1. The minimum atomic E-state index is 0.945. The summed E-state index contributed by atoms with van der Waals surface area (Å²) in [5.74, 6) is 2.28. The van der Waals surface area contributed by atoms with E-state index in [9.17, 15) is 0 Å². The summed E-state index contributed by atoms with van der Waals surface area (Å²) in [6, 6.07) is 8.63. The van der Waals surface area contributed by atoms with E-state index in [-0.39, 0.29) is 0 Å². The zero-order chi connectivity index (χ0) is 14.3. The Morgan fingerprint density at radius 3 is 2.48 bits per heavy atom. The molecule has 2 aliphatic rings. The molecule has 4 nitrogen and oxygen atoms in total. The van der Waals surface area contributed by atoms with Crippen LogP contribution in [0.1, 0.15) is 12.0 Å². The molecule has 0 fully saturated rings. The van der Waals surface area contributed by atoms with E-state index in [0.717, 1.165) is 53.6 Å². The number of nitrogens with one attached hydrogen (secondary N) is 2. The van der Waals surface area contributed by atoms with Gasteiger partial charge in [-0.15, -0.1) is 0 Å². The maximum atomic E-state index is 4.48. The van der Waals surface area contributed by atoms with Gasteiger partial charge in [0.25, 0.3) is 0 Å². The van der Waals surface area contributed by atoms with Crippen LogP contribution in [-0.2, 0) is 6.42 Å². The van der Waals surface area contributed by atoms with Crippen LogP contribution in [0.15, 0.2) is 34.3 Å². The summed E-state index contributed by atoms with van der Waals surface area (Å²) >= 11 is 3.62. The first-order valence-corrected chi connectivity index (χ1v) is 9.31. The third-order valence-electron chi connectivity index (χ3n) is 3.28. The molecule has 0 spiro atoms. The molecule has 0 unspecified atom stereocenters. The molecule has 6 heteroatoms. The van der Waals surface area contributed by atoms with Gasteiger partial charge in [0.15, 0.2) is 10.3 Å². The number of thioether (sulfide) groups is 2. The Morgan fingerprint density at radius 2 is 1.76 bits per heavy atom. The second-order valence-corrected chi connectivity index (χ2v) is 7.09. The van der Waals surface area contributed by atoms with Crippen LogP contribution >= 0.6 is 23.5 Å². The van der Waals surface area contributed by atoms with Gasteiger partial charge < -0.3 is 10.6 Å². The van der Waals surface area contributed by atoms with E-state index in [1.165, 1.54) is 12.0 Å². The molecule has 1 aromatic rings. The van der Waals surface area contributed by atoms with Crippen LogP contribution in [0.4, 0.5) is 5.69 Å². The fraction of sp³-hybridized carbons (Fsp3) is 0.467. The van der Waals surface area contributed by atoms with E-state index in [4.69, 9.17) is 0 Å². The van der Waals surface area contributed by atoms with Gasteiger partial charge in [0.1, 0.15) is 0 Å². The van der Waals surface area contributed by atoms with Crippen LogP contribution in [0.5, 0.6) is 0 Å². The number of anilines is 1. The second kappa shape index (κ2) is 7.75. The summed E-state index contributed by atoms with van der Waals surface area (Å²) in [7, 11) is 0. The monoisotopic (exact) mass is 320 g/mol. The van der Waals surface area contributed by atoms with Crippen molar-refractivity contribution < 1.29 is 0 Å². The lowest BCUT2D eigenvalue weighted by molar-refractivity contribution is 0.872. The first kappa shape index (κ1) is 14.8. The van der Waals surface area contributed by atoms with Crippen molar-refractivity contribution in [3.63, 3.8) is 0 Å². The third-order valence-corrected chi connectivity index (χ3v) is 5.21. The normalized spacial score (nSPS) is 18.1. The number of nitrogens with zero attached hydrogens (tertiary/aromatic N) is 2. The van der Waals surface area contributed by atoms with Crippen LogP contribution in [0.3, 0.4) is 0 Å². The van der Waals surface area contributed by atoms with E-state index >= 15 is 0 Å². The lowest BCUT2D eigenvalue weighted by atomic mass is 10.1. The molecule has 0 atom stereocenters. The van der Waals surface area contributed by atoms with Gasteiger partial charge in [-0.25, -0.2) is 0 Å². The molecule has 0 bridgehead atoms. The van der Waals surface area contributed by atoms with E-state index in [0.29, 0.717) is 0 Å². The van der Waals surface area contributed by atoms with Crippen LogP contribution in [-0.4, -0.2) is 41.5 Å². The number of hydrogen-bond acceptors (Lipinski definition) is 6. The van der Waals surface area contributed by atoms with Crippen molar-refractivity contribution >= 4 is 39.5 Å². The minimum Gasteiger partial charge on any atom is -0.365 e. The summed E-state index contributed by atoms with van der Waals surface area (Å²) in [5, 5.41) is 8.91. The lowest BCUT2D eigenvalue weighted by Gasteiger charge is -2.13. The maximum absolute atomic E-state index is 4.48. The first-order valence-electron chi connectivity index (χ1n) is 7.34. The summed E-state index contributed by atoms with van der Waals surface area (Å²) in [6.07, 6.45) is 2.21. The number of rotatable bonds is 4. The smallest absolute Gasteiger partial charge is 0.161 e. The molecule has 1 aromatic carbocycles. The predicted octanol–water partition coefficient (Wildman–Crippen LogP) is 2.83. The van der Waals surface area contributed by atoms with E-state index < -0.39 is 0 Å². The molecule has 0 amide bonds. The van der Waals surface area contributed by atoms with Gasteiger partial charge in [0.05, 0.1) is 6.54 Å². The van der Waals surface area contributed by atoms with Crippen LogP contribution < -0.4 is 10.6 Å². The van der Waals surface area contributed by atoms with Crippen molar-refractivity contribution in [3.05, 3.63) is 29.8 Å². The Kier molecular flexibility index (Phi) is 5.46. The fourth-order valence-corrected chi connectivity index (χ4v) is 3.77. The Hall–Kier alpha value is -1.14. The standard InChI is InChI=1S/C15H20N4S2/c1-7-16-15(20-10-1)19-13-4-2-12(3-5-13)6-8-17-14-18-9-11-21-14/h2-5H,1,6-11H2,(H,16,19)(H,17,18). The Bertz CT molecular complexity index is 525. The highest BCUT2D eigenvalue weighted by molar-refractivity contribution is 8.14. The van der Waals surface area contributed by atoms with Gasteiger partial charge in [-0.3, -0.25) is 9.98 Å². The molecule has 2 N–H and O–H groups in total. The van der Waals surface area contributed by atoms with Crippen molar-refractivity contribution in [2.45, 2.75) is 12.8 Å². The van der Waals surface area contributed by atoms with Gasteiger partial charge in [-0.05, 0) is 30.5 Å². The zero-order valence-corrected chi connectivity index (χ0v) is 13.6. The third kappa shape index (κ3) is 4.68. The second-order valence-electron chi connectivity index (χ2n) is 4.92. The molecule has 0 radical (unpaired) electrons. The topological polar surface area (TPSA) is 48.8 Å². The Balaban J connectivity index is 1.46. The SMILES string of the molecule is c1cc(NC2=NCCCS2)ccc1CCNC1=NCCS1. The molecular weight excluding hydrogens is 300 g/mol. The summed E-state index contributed by atoms with van der Waals surface area (Å²) in [6.45, 7) is 2.84. The first-order chi connectivity index (χ1) is 10.4.